The van der Waals surface area contributed by atoms with E-state index >= 15 is 0 Å². The average molecular weight is 280 g/mol. The summed E-state index contributed by atoms with van der Waals surface area (Å²) in [6.45, 7) is 8.95. The molecule has 1 aliphatic rings. The SMILES string of the molecule is CC(C)c1ccc(OCC(O)C[NH+]2CCOCC2)cc1. The number of hydrogen-bond acceptors (Lipinski definition) is 3. The first kappa shape index (κ1) is 15.3. The first-order valence-electron chi connectivity index (χ1n) is 7.47. The van der Waals surface area contributed by atoms with E-state index in [2.05, 4.69) is 26.0 Å². The molecule has 0 radical (unpaired) electrons. The van der Waals surface area contributed by atoms with Crippen LogP contribution in [0.15, 0.2) is 24.3 Å². The molecule has 112 valence electrons. The molecule has 0 amide bonds. The van der Waals surface area contributed by atoms with Crippen molar-refractivity contribution in [1.82, 2.24) is 0 Å². The number of aliphatic hydroxyl groups is 1. The highest BCUT2D eigenvalue weighted by Crippen LogP contribution is 2.18. The van der Waals surface area contributed by atoms with Crippen LogP contribution in [0.2, 0.25) is 0 Å². The fraction of sp³-hybridized carbons (Fsp3) is 0.625. The molecule has 1 aliphatic heterocycles. The van der Waals surface area contributed by atoms with Gasteiger partial charge in [-0.2, -0.15) is 0 Å². The van der Waals surface area contributed by atoms with Gasteiger partial charge in [0.05, 0.1) is 13.2 Å². The van der Waals surface area contributed by atoms with Crippen molar-refractivity contribution < 1.29 is 19.5 Å². The topological polar surface area (TPSA) is 43.1 Å². The van der Waals surface area contributed by atoms with Crippen LogP contribution in [-0.2, 0) is 4.74 Å². The van der Waals surface area contributed by atoms with E-state index in [1.807, 2.05) is 12.1 Å². The van der Waals surface area contributed by atoms with Crippen molar-refractivity contribution in [2.24, 2.45) is 0 Å². The molecule has 1 aromatic rings. The molecule has 1 atom stereocenters. The number of rotatable bonds is 6. The summed E-state index contributed by atoms with van der Waals surface area (Å²) in [5.41, 5.74) is 1.30. The Kier molecular flexibility index (Phi) is 5.83. The van der Waals surface area contributed by atoms with Crippen molar-refractivity contribution in [1.29, 1.82) is 0 Å². The highest BCUT2D eigenvalue weighted by Gasteiger charge is 2.18. The average Bonchev–Trinajstić information content (AvgIpc) is 2.46. The van der Waals surface area contributed by atoms with Crippen LogP contribution in [-0.4, -0.2) is 50.7 Å². The van der Waals surface area contributed by atoms with Crippen molar-refractivity contribution in [3.05, 3.63) is 29.8 Å². The Labute approximate surface area is 121 Å². The van der Waals surface area contributed by atoms with Gasteiger partial charge in [0.15, 0.2) is 0 Å². The van der Waals surface area contributed by atoms with Crippen molar-refractivity contribution in [3.63, 3.8) is 0 Å². The van der Waals surface area contributed by atoms with Gasteiger partial charge in [0, 0.05) is 0 Å². The summed E-state index contributed by atoms with van der Waals surface area (Å²) in [4.78, 5) is 1.39. The van der Waals surface area contributed by atoms with E-state index in [1.54, 1.807) is 0 Å². The number of nitrogens with one attached hydrogen (secondary N) is 1. The van der Waals surface area contributed by atoms with Gasteiger partial charge in [-0.1, -0.05) is 26.0 Å². The number of morpholine rings is 1. The van der Waals surface area contributed by atoms with E-state index in [9.17, 15) is 5.11 Å². The van der Waals surface area contributed by atoms with Gasteiger partial charge in [0.25, 0.3) is 0 Å². The van der Waals surface area contributed by atoms with Crippen molar-refractivity contribution in [2.45, 2.75) is 25.9 Å². The van der Waals surface area contributed by atoms with Crippen molar-refractivity contribution in [2.75, 3.05) is 39.5 Å². The summed E-state index contributed by atoms with van der Waals surface area (Å²) >= 11 is 0. The molecule has 2 N–H and O–H groups in total. The molecule has 4 nitrogen and oxygen atoms in total. The summed E-state index contributed by atoms with van der Waals surface area (Å²) in [5.74, 6) is 1.35. The third kappa shape index (κ3) is 4.78. The van der Waals surface area contributed by atoms with E-state index in [4.69, 9.17) is 9.47 Å². The number of benzene rings is 1. The molecule has 20 heavy (non-hydrogen) atoms. The predicted molar refractivity (Wildman–Crippen MR) is 78.4 cm³/mol. The highest BCUT2D eigenvalue weighted by molar-refractivity contribution is 5.28. The van der Waals surface area contributed by atoms with Crippen LogP contribution in [0, 0.1) is 0 Å². The lowest BCUT2D eigenvalue weighted by Gasteiger charge is -2.25. The second-order valence-corrected chi connectivity index (χ2v) is 5.76. The van der Waals surface area contributed by atoms with Crippen molar-refractivity contribution in [3.8, 4) is 5.75 Å². The molecule has 1 heterocycles. The van der Waals surface area contributed by atoms with Gasteiger partial charge < -0.3 is 19.5 Å². The van der Waals surface area contributed by atoms with Crippen LogP contribution in [0.25, 0.3) is 0 Å². The molecule has 1 fully saturated rings. The van der Waals surface area contributed by atoms with Crippen LogP contribution < -0.4 is 9.64 Å². The van der Waals surface area contributed by atoms with Gasteiger partial charge >= 0.3 is 0 Å². The second kappa shape index (κ2) is 7.62. The minimum absolute atomic E-state index is 0.353. The number of hydrogen-bond donors (Lipinski definition) is 2. The molecule has 1 saturated heterocycles. The van der Waals surface area contributed by atoms with Gasteiger partial charge in [0.1, 0.15) is 38.1 Å². The molecule has 0 saturated carbocycles. The molecular formula is C16H26NO3+. The standard InChI is InChI=1S/C16H25NO3/c1-13(2)14-3-5-16(6-4-14)20-12-15(18)11-17-7-9-19-10-8-17/h3-6,13,15,18H,7-12H2,1-2H3/p+1. The lowest BCUT2D eigenvalue weighted by Crippen LogP contribution is -3.15. The van der Waals surface area contributed by atoms with E-state index in [-0.39, 0.29) is 0 Å². The Morgan fingerprint density at radius 3 is 2.45 bits per heavy atom. The molecule has 1 aromatic carbocycles. The molecular weight excluding hydrogens is 254 g/mol. The van der Waals surface area contributed by atoms with Crippen LogP contribution in [0.5, 0.6) is 5.75 Å². The zero-order chi connectivity index (χ0) is 14.4. The van der Waals surface area contributed by atoms with Gasteiger partial charge in [-0.25, -0.2) is 0 Å². The maximum absolute atomic E-state index is 10.0. The Morgan fingerprint density at radius 2 is 1.85 bits per heavy atom. The van der Waals surface area contributed by atoms with Gasteiger partial charge in [0.2, 0.25) is 0 Å². The van der Waals surface area contributed by atoms with Gasteiger partial charge in [-0.05, 0) is 23.6 Å². The second-order valence-electron chi connectivity index (χ2n) is 5.76. The molecule has 1 unspecified atom stereocenters. The normalized spacial score (nSPS) is 18.2. The van der Waals surface area contributed by atoms with Crippen LogP contribution in [0.4, 0.5) is 0 Å². The van der Waals surface area contributed by atoms with E-state index in [1.165, 1.54) is 10.5 Å². The van der Waals surface area contributed by atoms with Gasteiger partial charge in [-0.15, -0.1) is 0 Å². The van der Waals surface area contributed by atoms with Crippen LogP contribution >= 0.6 is 0 Å². The highest BCUT2D eigenvalue weighted by atomic mass is 16.5. The summed E-state index contributed by atoms with van der Waals surface area (Å²) in [5, 5.41) is 10.0. The van der Waals surface area contributed by atoms with Crippen molar-refractivity contribution >= 4 is 0 Å². The summed E-state index contributed by atoms with van der Waals surface area (Å²) in [6.07, 6.45) is -0.423. The number of quaternary nitrogens is 1. The summed E-state index contributed by atoms with van der Waals surface area (Å²) in [6, 6.07) is 8.12. The molecule has 0 bridgehead atoms. The molecule has 0 spiro atoms. The fourth-order valence-electron chi connectivity index (χ4n) is 2.40. The minimum atomic E-state index is -0.423. The quantitative estimate of drug-likeness (QED) is 0.796. The Hall–Kier alpha value is -1.10. The molecule has 0 aliphatic carbocycles. The molecule has 2 rings (SSSR count). The maximum Gasteiger partial charge on any atom is 0.137 e. The lowest BCUT2D eigenvalue weighted by molar-refractivity contribution is -0.911. The first-order valence-corrected chi connectivity index (χ1v) is 7.47. The monoisotopic (exact) mass is 280 g/mol. The van der Waals surface area contributed by atoms with E-state index in [0.29, 0.717) is 12.5 Å². The zero-order valence-electron chi connectivity index (χ0n) is 12.5. The Morgan fingerprint density at radius 1 is 1.20 bits per heavy atom. The minimum Gasteiger partial charge on any atom is -0.491 e. The van der Waals surface area contributed by atoms with Crippen LogP contribution in [0.3, 0.4) is 0 Å². The summed E-state index contributed by atoms with van der Waals surface area (Å²) < 4.78 is 11.0. The van der Waals surface area contributed by atoms with E-state index in [0.717, 1.165) is 38.6 Å². The smallest absolute Gasteiger partial charge is 0.137 e. The summed E-state index contributed by atoms with van der Waals surface area (Å²) in [7, 11) is 0. The largest absolute Gasteiger partial charge is 0.491 e. The molecule has 0 aromatic heterocycles. The Balaban J connectivity index is 1.73. The Bertz CT molecular complexity index is 385. The lowest BCUT2D eigenvalue weighted by atomic mass is 10.0. The third-order valence-corrected chi connectivity index (χ3v) is 3.71. The predicted octanol–water partition coefficient (Wildman–Crippen LogP) is 0.465. The number of aliphatic hydroxyl groups excluding tert-OH is 1. The fourth-order valence-corrected chi connectivity index (χ4v) is 2.40. The third-order valence-electron chi connectivity index (χ3n) is 3.71. The van der Waals surface area contributed by atoms with E-state index < -0.39 is 6.10 Å². The first-order chi connectivity index (χ1) is 9.65. The van der Waals surface area contributed by atoms with Crippen LogP contribution in [0.1, 0.15) is 25.3 Å². The number of ether oxygens (including phenoxy) is 2. The van der Waals surface area contributed by atoms with Gasteiger partial charge in [-0.3, -0.25) is 0 Å². The molecule has 4 heteroatoms. The zero-order valence-corrected chi connectivity index (χ0v) is 12.5. The maximum atomic E-state index is 10.0.